The number of thiazole rings is 1. The van der Waals surface area contributed by atoms with E-state index in [2.05, 4.69) is 14.8 Å². The van der Waals surface area contributed by atoms with Crippen LogP contribution < -0.4 is 10.5 Å². The van der Waals surface area contributed by atoms with Gasteiger partial charge < -0.3 is 5.73 Å². The molecule has 0 aliphatic heterocycles. The summed E-state index contributed by atoms with van der Waals surface area (Å²) in [5.74, 6) is 0.0143. The average Bonchev–Trinajstić information content (AvgIpc) is 2.94. The minimum absolute atomic E-state index is 0.0119. The van der Waals surface area contributed by atoms with Gasteiger partial charge in [0.15, 0.2) is 5.82 Å². The molecule has 2 aromatic rings. The Bertz CT molecular complexity index is 689. The Morgan fingerprint density at radius 2 is 2.25 bits per heavy atom. The maximum Gasteiger partial charge on any atom is 0.246 e. The third-order valence-corrected chi connectivity index (χ3v) is 4.85. The molecule has 2 aromatic heterocycles. The minimum Gasteiger partial charge on any atom is -0.381 e. The fourth-order valence-corrected chi connectivity index (χ4v) is 3.39. The highest BCUT2D eigenvalue weighted by Crippen LogP contribution is 2.17. The molecular weight excluding hydrogens is 298 g/mol. The van der Waals surface area contributed by atoms with E-state index in [1.807, 2.05) is 19.2 Å². The first-order valence-electron chi connectivity index (χ1n) is 6.16. The predicted octanol–water partition coefficient (Wildman–Crippen LogP) is 1.12. The van der Waals surface area contributed by atoms with Gasteiger partial charge in [0.25, 0.3) is 0 Å². The number of nitrogen functional groups attached to an aromatic ring is 1. The summed E-state index contributed by atoms with van der Waals surface area (Å²) in [5, 5.41) is 6.71. The van der Waals surface area contributed by atoms with Crippen molar-refractivity contribution in [3.63, 3.8) is 0 Å². The Balaban J connectivity index is 2.13. The molecule has 0 spiro atoms. The van der Waals surface area contributed by atoms with Crippen LogP contribution in [0, 0.1) is 6.92 Å². The maximum atomic E-state index is 12.2. The number of hydrogen-bond acceptors (Lipinski definition) is 6. The predicted molar refractivity (Wildman–Crippen MR) is 77.8 cm³/mol. The van der Waals surface area contributed by atoms with Crippen molar-refractivity contribution in [3.8, 4) is 0 Å². The zero-order valence-corrected chi connectivity index (χ0v) is 13.0. The van der Waals surface area contributed by atoms with E-state index in [9.17, 15) is 8.42 Å². The number of hydrogen-bond donors (Lipinski definition) is 2. The molecule has 2 heterocycles. The van der Waals surface area contributed by atoms with Gasteiger partial charge in [-0.05, 0) is 13.3 Å². The van der Waals surface area contributed by atoms with Crippen LogP contribution in [0.15, 0.2) is 16.5 Å². The summed E-state index contributed by atoms with van der Waals surface area (Å²) >= 11 is 1.48. The summed E-state index contributed by atoms with van der Waals surface area (Å²) in [6.45, 7) is 4.63. The highest BCUT2D eigenvalue weighted by atomic mass is 32.2. The van der Waals surface area contributed by atoms with Crippen LogP contribution in [0.2, 0.25) is 0 Å². The third kappa shape index (κ3) is 3.35. The molecular formula is C11H17N5O2S2. The molecule has 2 rings (SSSR count). The molecule has 9 heteroatoms. The summed E-state index contributed by atoms with van der Waals surface area (Å²) in [5.41, 5.74) is 6.36. The van der Waals surface area contributed by atoms with Crippen LogP contribution in [0.1, 0.15) is 24.0 Å². The highest BCUT2D eigenvalue weighted by molar-refractivity contribution is 7.89. The Hall–Kier alpha value is -1.45. The number of sulfonamides is 1. The Morgan fingerprint density at radius 3 is 2.85 bits per heavy atom. The quantitative estimate of drug-likeness (QED) is 0.831. The zero-order valence-electron chi connectivity index (χ0n) is 11.3. The van der Waals surface area contributed by atoms with Gasteiger partial charge in [0.1, 0.15) is 4.90 Å². The van der Waals surface area contributed by atoms with Crippen LogP contribution in [0.5, 0.6) is 0 Å². The summed E-state index contributed by atoms with van der Waals surface area (Å²) < 4.78 is 28.4. The monoisotopic (exact) mass is 315 g/mol. The van der Waals surface area contributed by atoms with Gasteiger partial charge in [-0.1, -0.05) is 6.92 Å². The Kier molecular flexibility index (Phi) is 4.41. The average molecular weight is 315 g/mol. The maximum absolute atomic E-state index is 12.2. The largest absolute Gasteiger partial charge is 0.381 e. The molecule has 7 nitrogen and oxygen atoms in total. The topological polar surface area (TPSA) is 103 Å². The first-order chi connectivity index (χ1) is 9.42. The van der Waals surface area contributed by atoms with Gasteiger partial charge in [0.05, 0.1) is 17.2 Å². The fourth-order valence-electron chi connectivity index (χ4n) is 1.70. The van der Waals surface area contributed by atoms with E-state index >= 15 is 0 Å². The van der Waals surface area contributed by atoms with Gasteiger partial charge in [-0.25, -0.2) is 18.1 Å². The second-order valence-electron chi connectivity index (χ2n) is 4.32. The number of nitrogens with one attached hydrogen (secondary N) is 1. The van der Waals surface area contributed by atoms with Gasteiger partial charge in [-0.15, -0.1) is 11.3 Å². The van der Waals surface area contributed by atoms with Crippen LogP contribution in [0.25, 0.3) is 0 Å². The number of rotatable bonds is 6. The van der Waals surface area contributed by atoms with Crippen LogP contribution >= 0.6 is 11.3 Å². The molecule has 0 unspecified atom stereocenters. The molecule has 20 heavy (non-hydrogen) atoms. The van der Waals surface area contributed by atoms with Crippen molar-refractivity contribution in [3.05, 3.63) is 22.3 Å². The first kappa shape index (κ1) is 14.9. The van der Waals surface area contributed by atoms with E-state index in [-0.39, 0.29) is 17.3 Å². The Morgan fingerprint density at radius 1 is 1.50 bits per heavy atom. The molecule has 0 atom stereocenters. The van der Waals surface area contributed by atoms with Gasteiger partial charge in [-0.3, -0.25) is 4.68 Å². The fraction of sp³-hybridized carbons (Fsp3) is 0.455. The van der Waals surface area contributed by atoms with E-state index in [1.54, 1.807) is 0 Å². The van der Waals surface area contributed by atoms with Crippen LogP contribution in [0.4, 0.5) is 5.82 Å². The highest BCUT2D eigenvalue weighted by Gasteiger charge is 2.21. The van der Waals surface area contributed by atoms with E-state index in [0.717, 1.165) is 11.4 Å². The summed E-state index contributed by atoms with van der Waals surface area (Å²) in [6, 6.07) is 0. The Labute approximate surface area is 121 Å². The standard InChI is InChI=1S/C11H17N5O2S2/c1-3-4-16-6-10(11(12)15-16)20(17,18)13-5-9-7-19-8(2)14-9/h6-7,13H,3-5H2,1-2H3,(H2,12,15). The van der Waals surface area contributed by atoms with Crippen molar-refractivity contribution in [2.24, 2.45) is 0 Å². The molecule has 0 aliphatic rings. The van der Waals surface area contributed by atoms with Crippen LogP contribution in [0.3, 0.4) is 0 Å². The molecule has 0 aromatic carbocycles. The second-order valence-corrected chi connectivity index (χ2v) is 7.12. The van der Waals surface area contributed by atoms with Crippen molar-refractivity contribution in [2.45, 2.75) is 38.3 Å². The normalized spacial score (nSPS) is 11.9. The van der Waals surface area contributed by atoms with E-state index < -0.39 is 10.0 Å². The smallest absolute Gasteiger partial charge is 0.246 e. The number of aromatic nitrogens is 3. The molecule has 0 aliphatic carbocycles. The van der Waals surface area contributed by atoms with Crippen molar-refractivity contribution >= 4 is 27.2 Å². The lowest BCUT2D eigenvalue weighted by Gasteiger charge is -2.03. The third-order valence-electron chi connectivity index (χ3n) is 2.61. The van der Waals surface area contributed by atoms with Gasteiger partial charge in [0.2, 0.25) is 10.0 Å². The van der Waals surface area contributed by atoms with Crippen LogP contribution in [-0.2, 0) is 23.1 Å². The molecule has 3 N–H and O–H groups in total. The summed E-state index contributed by atoms with van der Waals surface area (Å²) in [6.07, 6.45) is 2.31. The lowest BCUT2D eigenvalue weighted by atomic mass is 10.5. The summed E-state index contributed by atoms with van der Waals surface area (Å²) in [4.78, 5) is 4.22. The van der Waals surface area contributed by atoms with E-state index in [0.29, 0.717) is 12.2 Å². The first-order valence-corrected chi connectivity index (χ1v) is 8.52. The lowest BCUT2D eigenvalue weighted by molar-refractivity contribution is 0.578. The van der Waals surface area contributed by atoms with E-state index in [1.165, 1.54) is 22.2 Å². The molecule has 0 saturated carbocycles. The van der Waals surface area contributed by atoms with Crippen molar-refractivity contribution in [1.82, 2.24) is 19.5 Å². The second kappa shape index (κ2) is 5.90. The molecule has 0 amide bonds. The van der Waals surface area contributed by atoms with Gasteiger partial charge in [-0.2, -0.15) is 5.10 Å². The van der Waals surface area contributed by atoms with Gasteiger partial charge in [0, 0.05) is 18.1 Å². The zero-order chi connectivity index (χ0) is 14.8. The van der Waals surface area contributed by atoms with Gasteiger partial charge >= 0.3 is 0 Å². The number of anilines is 1. The molecule has 0 bridgehead atoms. The number of aryl methyl sites for hydroxylation is 2. The molecule has 0 fully saturated rings. The van der Waals surface area contributed by atoms with Crippen molar-refractivity contribution in [2.75, 3.05) is 5.73 Å². The SMILES string of the molecule is CCCn1cc(S(=O)(=O)NCc2csc(C)n2)c(N)n1. The molecule has 0 radical (unpaired) electrons. The molecule has 0 saturated heterocycles. The van der Waals surface area contributed by atoms with Crippen molar-refractivity contribution in [1.29, 1.82) is 0 Å². The van der Waals surface area contributed by atoms with Crippen molar-refractivity contribution < 1.29 is 8.42 Å². The number of nitrogens with zero attached hydrogens (tertiary/aromatic N) is 3. The molecule has 110 valence electrons. The van der Waals surface area contributed by atoms with Crippen LogP contribution in [-0.4, -0.2) is 23.2 Å². The number of nitrogens with two attached hydrogens (primary N) is 1. The summed E-state index contributed by atoms with van der Waals surface area (Å²) in [7, 11) is -3.67. The van der Waals surface area contributed by atoms with E-state index in [4.69, 9.17) is 5.73 Å². The minimum atomic E-state index is -3.67. The lowest BCUT2D eigenvalue weighted by Crippen LogP contribution is -2.23.